The van der Waals surface area contributed by atoms with E-state index in [0.717, 1.165) is 0 Å². The van der Waals surface area contributed by atoms with E-state index >= 15 is 0 Å². The summed E-state index contributed by atoms with van der Waals surface area (Å²) >= 11 is 0. The molecule has 2 aliphatic rings. The molecule has 1 aromatic rings. The molecule has 2 amide bonds. The molecule has 0 bridgehead atoms. The summed E-state index contributed by atoms with van der Waals surface area (Å²) < 4.78 is 32.6. The van der Waals surface area contributed by atoms with E-state index in [4.69, 9.17) is 4.52 Å². The lowest BCUT2D eigenvalue weighted by molar-refractivity contribution is -0.146. The predicted octanol–water partition coefficient (Wildman–Crippen LogP) is 1.41. The van der Waals surface area contributed by atoms with Gasteiger partial charge in [0.15, 0.2) is 5.76 Å². The minimum atomic E-state index is -3.76. The molecule has 9 nitrogen and oxygen atoms in total. The van der Waals surface area contributed by atoms with Crippen molar-refractivity contribution in [2.75, 3.05) is 39.3 Å². The maximum Gasteiger partial charge on any atom is 0.248 e. The summed E-state index contributed by atoms with van der Waals surface area (Å²) in [6.07, 6.45) is 1.29. The van der Waals surface area contributed by atoms with E-state index in [2.05, 4.69) is 5.16 Å². The normalized spacial score (nSPS) is 21.7. The highest BCUT2D eigenvalue weighted by Crippen LogP contribution is 2.29. The molecule has 0 radical (unpaired) electrons. The molecule has 2 saturated heterocycles. The van der Waals surface area contributed by atoms with Crippen molar-refractivity contribution in [3.8, 4) is 0 Å². The van der Waals surface area contributed by atoms with Crippen LogP contribution in [0.4, 0.5) is 0 Å². The summed E-state index contributed by atoms with van der Waals surface area (Å²) in [6, 6.07) is 0. The molecule has 0 N–H and O–H groups in total. The van der Waals surface area contributed by atoms with Gasteiger partial charge in [0, 0.05) is 44.7 Å². The number of amides is 2. The third kappa shape index (κ3) is 4.39. The highest BCUT2D eigenvalue weighted by atomic mass is 32.2. The molecule has 2 aliphatic heterocycles. The van der Waals surface area contributed by atoms with Crippen LogP contribution in [0, 0.1) is 25.2 Å². The maximum atomic E-state index is 13.1. The van der Waals surface area contributed by atoms with Crippen LogP contribution in [-0.4, -0.2) is 78.8 Å². The lowest BCUT2D eigenvalue weighted by Crippen LogP contribution is -2.55. The molecular formula is C20H32N4O5S. The summed E-state index contributed by atoms with van der Waals surface area (Å²) in [5.41, 5.74) is -0.108. The molecule has 0 aromatic carbocycles. The first-order chi connectivity index (χ1) is 13.9. The van der Waals surface area contributed by atoms with E-state index in [1.54, 1.807) is 23.6 Å². The number of aryl methyl sites for hydroxylation is 2. The van der Waals surface area contributed by atoms with Crippen LogP contribution in [-0.2, 0) is 19.6 Å². The number of hydrogen-bond acceptors (Lipinski definition) is 6. The minimum Gasteiger partial charge on any atom is -0.360 e. The first kappa shape index (κ1) is 22.7. The second-order valence-electron chi connectivity index (χ2n) is 9.22. The van der Waals surface area contributed by atoms with Crippen molar-refractivity contribution < 1.29 is 22.5 Å². The molecule has 1 aromatic heterocycles. The van der Waals surface area contributed by atoms with E-state index < -0.39 is 15.4 Å². The van der Waals surface area contributed by atoms with Gasteiger partial charge in [0.25, 0.3) is 0 Å². The van der Waals surface area contributed by atoms with Gasteiger partial charge in [-0.2, -0.15) is 4.31 Å². The first-order valence-electron chi connectivity index (χ1n) is 10.4. The smallest absolute Gasteiger partial charge is 0.248 e. The van der Waals surface area contributed by atoms with Crippen LogP contribution >= 0.6 is 0 Å². The predicted molar refractivity (Wildman–Crippen MR) is 110 cm³/mol. The fourth-order valence-electron chi connectivity index (χ4n) is 4.20. The topological polar surface area (TPSA) is 104 Å². The Morgan fingerprint density at radius 3 is 2.17 bits per heavy atom. The van der Waals surface area contributed by atoms with Gasteiger partial charge in [-0.1, -0.05) is 25.9 Å². The third-order valence-corrected chi connectivity index (χ3v) is 7.93. The highest BCUT2D eigenvalue weighted by molar-refractivity contribution is 7.89. The lowest BCUT2D eigenvalue weighted by atomic mass is 9.94. The minimum absolute atomic E-state index is 0.0310. The Labute approximate surface area is 178 Å². The van der Waals surface area contributed by atoms with Crippen LogP contribution in [0.5, 0.6) is 0 Å². The number of piperidine rings is 1. The summed E-state index contributed by atoms with van der Waals surface area (Å²) in [4.78, 5) is 29.2. The third-order valence-electron chi connectivity index (χ3n) is 5.82. The van der Waals surface area contributed by atoms with Gasteiger partial charge in [-0.3, -0.25) is 9.59 Å². The lowest BCUT2D eigenvalue weighted by Gasteiger charge is -2.40. The van der Waals surface area contributed by atoms with E-state index in [1.165, 1.54) is 4.31 Å². The van der Waals surface area contributed by atoms with Gasteiger partial charge in [-0.05, 0) is 26.7 Å². The van der Waals surface area contributed by atoms with Crippen molar-refractivity contribution in [1.29, 1.82) is 0 Å². The van der Waals surface area contributed by atoms with Crippen LogP contribution in [0.2, 0.25) is 0 Å². The van der Waals surface area contributed by atoms with Crippen LogP contribution in [0.15, 0.2) is 9.42 Å². The Morgan fingerprint density at radius 1 is 1.03 bits per heavy atom. The van der Waals surface area contributed by atoms with Crippen molar-refractivity contribution in [2.24, 2.45) is 11.3 Å². The van der Waals surface area contributed by atoms with Crippen LogP contribution in [0.1, 0.15) is 45.1 Å². The molecule has 0 spiro atoms. The van der Waals surface area contributed by atoms with Crippen molar-refractivity contribution in [1.82, 2.24) is 19.3 Å². The molecule has 168 valence electrons. The molecule has 1 unspecified atom stereocenters. The zero-order chi connectivity index (χ0) is 22.3. The Morgan fingerprint density at radius 2 is 1.63 bits per heavy atom. The van der Waals surface area contributed by atoms with Gasteiger partial charge in [-0.15, -0.1) is 0 Å². The van der Waals surface area contributed by atoms with Gasteiger partial charge < -0.3 is 14.3 Å². The van der Waals surface area contributed by atoms with Gasteiger partial charge in [0.1, 0.15) is 10.6 Å². The summed E-state index contributed by atoms with van der Waals surface area (Å²) in [6.45, 7) is 11.4. The highest BCUT2D eigenvalue weighted by Gasteiger charge is 2.39. The standard InChI is InChI=1S/C20H32N4O5S/c1-14-17(15(2)29-21-14)30(27,28)24-8-6-7-16(13-24)18(25)22-9-11-23(12-10-22)19(26)20(3,4)5/h16H,6-13H2,1-5H3. The van der Waals surface area contributed by atoms with Gasteiger partial charge in [-0.25, -0.2) is 8.42 Å². The monoisotopic (exact) mass is 440 g/mol. The zero-order valence-electron chi connectivity index (χ0n) is 18.5. The Bertz CT molecular complexity index is 891. The molecule has 0 aliphatic carbocycles. The van der Waals surface area contributed by atoms with Gasteiger partial charge >= 0.3 is 0 Å². The Hall–Kier alpha value is -1.94. The van der Waals surface area contributed by atoms with E-state index in [-0.39, 0.29) is 34.9 Å². The second-order valence-corrected chi connectivity index (χ2v) is 11.1. The van der Waals surface area contributed by atoms with Crippen LogP contribution in [0.3, 0.4) is 0 Å². The first-order valence-corrected chi connectivity index (χ1v) is 11.9. The summed E-state index contributed by atoms with van der Waals surface area (Å²) in [5, 5.41) is 3.76. The number of rotatable bonds is 3. The SMILES string of the molecule is Cc1noc(C)c1S(=O)(=O)N1CCCC(C(=O)N2CCN(C(=O)C(C)(C)C)CC2)C1. The number of aromatic nitrogens is 1. The van der Waals surface area contributed by atoms with E-state index in [9.17, 15) is 18.0 Å². The number of carbonyl (C=O) groups is 2. The fourth-order valence-corrected chi connectivity index (χ4v) is 6.01. The van der Waals surface area contributed by atoms with E-state index in [1.807, 2.05) is 20.8 Å². The number of hydrogen-bond donors (Lipinski definition) is 0. The van der Waals surface area contributed by atoms with Crippen LogP contribution < -0.4 is 0 Å². The fraction of sp³-hybridized carbons (Fsp3) is 0.750. The van der Waals surface area contributed by atoms with Crippen LogP contribution in [0.25, 0.3) is 0 Å². The van der Waals surface area contributed by atoms with E-state index in [0.29, 0.717) is 51.3 Å². The molecule has 3 heterocycles. The number of sulfonamides is 1. The molecule has 1 atom stereocenters. The molecule has 3 rings (SSSR count). The second kappa shape index (κ2) is 8.30. The Kier molecular flexibility index (Phi) is 6.29. The summed E-state index contributed by atoms with van der Waals surface area (Å²) in [5.74, 6) is -0.0556. The van der Waals surface area contributed by atoms with Crippen molar-refractivity contribution >= 4 is 21.8 Å². The van der Waals surface area contributed by atoms with Crippen molar-refractivity contribution in [3.63, 3.8) is 0 Å². The average molecular weight is 441 g/mol. The van der Waals surface area contributed by atoms with Crippen molar-refractivity contribution in [2.45, 2.75) is 52.4 Å². The molecule has 30 heavy (non-hydrogen) atoms. The van der Waals surface area contributed by atoms with Crippen molar-refractivity contribution in [3.05, 3.63) is 11.5 Å². The van der Waals surface area contributed by atoms with Gasteiger partial charge in [0.05, 0.1) is 5.92 Å². The largest absolute Gasteiger partial charge is 0.360 e. The average Bonchev–Trinajstić information content (AvgIpc) is 3.05. The molecule has 2 fully saturated rings. The molecule has 0 saturated carbocycles. The maximum absolute atomic E-state index is 13.1. The zero-order valence-corrected chi connectivity index (χ0v) is 19.3. The summed E-state index contributed by atoms with van der Waals surface area (Å²) in [7, 11) is -3.76. The quantitative estimate of drug-likeness (QED) is 0.704. The molecule has 10 heteroatoms. The number of carbonyl (C=O) groups excluding carboxylic acids is 2. The molecular weight excluding hydrogens is 408 g/mol. The van der Waals surface area contributed by atoms with Gasteiger partial charge in [0.2, 0.25) is 21.8 Å². The number of piperazine rings is 1. The Balaban J connectivity index is 1.65. The number of nitrogens with zero attached hydrogens (tertiary/aromatic N) is 4.